The highest BCUT2D eigenvalue weighted by Crippen LogP contribution is 2.21. The van der Waals surface area contributed by atoms with E-state index in [9.17, 15) is 9.90 Å². The molecule has 0 fully saturated rings. The van der Waals surface area contributed by atoms with E-state index in [-0.39, 0.29) is 18.3 Å². The minimum atomic E-state index is -1.12. The Morgan fingerprint density at radius 1 is 1.60 bits per heavy atom. The van der Waals surface area contributed by atoms with Crippen LogP contribution in [0.5, 0.6) is 5.75 Å². The van der Waals surface area contributed by atoms with Gasteiger partial charge in [0, 0.05) is 17.3 Å². The number of nitrogens with one attached hydrogen (secondary N) is 1. The summed E-state index contributed by atoms with van der Waals surface area (Å²) in [5.74, 6) is -1.41. The molecule has 0 aliphatic rings. The SMILES string of the molecule is Cc1ncc(CO)c(/C=N/NC(N)=NCC(=O)O)c1O. The van der Waals surface area contributed by atoms with E-state index in [0.29, 0.717) is 16.8 Å². The molecule has 9 heteroatoms. The molecule has 0 unspecified atom stereocenters. The fourth-order valence-electron chi connectivity index (χ4n) is 1.27. The Morgan fingerprint density at radius 2 is 2.30 bits per heavy atom. The topological polar surface area (TPSA) is 153 Å². The number of hydrazone groups is 1. The number of carboxylic acids is 1. The van der Waals surface area contributed by atoms with Crippen LogP contribution in [0.3, 0.4) is 0 Å². The Balaban J connectivity index is 2.83. The molecule has 6 N–H and O–H groups in total. The van der Waals surface area contributed by atoms with Gasteiger partial charge >= 0.3 is 5.97 Å². The van der Waals surface area contributed by atoms with Gasteiger partial charge in [0.05, 0.1) is 18.5 Å². The van der Waals surface area contributed by atoms with Crippen molar-refractivity contribution in [3.63, 3.8) is 0 Å². The van der Waals surface area contributed by atoms with Crippen molar-refractivity contribution < 1.29 is 20.1 Å². The van der Waals surface area contributed by atoms with E-state index in [2.05, 4.69) is 20.5 Å². The highest BCUT2D eigenvalue weighted by atomic mass is 16.4. The van der Waals surface area contributed by atoms with Gasteiger partial charge in [-0.15, -0.1) is 0 Å². The summed E-state index contributed by atoms with van der Waals surface area (Å²) in [6.07, 6.45) is 2.65. The van der Waals surface area contributed by atoms with E-state index in [0.717, 1.165) is 0 Å². The predicted octanol–water partition coefficient (Wildman–Crippen LogP) is -1.09. The van der Waals surface area contributed by atoms with E-state index in [1.807, 2.05) is 0 Å². The van der Waals surface area contributed by atoms with Crippen LogP contribution in [0.4, 0.5) is 0 Å². The van der Waals surface area contributed by atoms with Gasteiger partial charge in [0.15, 0.2) is 0 Å². The Hall–Kier alpha value is -2.68. The first-order chi connectivity index (χ1) is 9.45. The van der Waals surface area contributed by atoms with E-state index in [4.69, 9.17) is 15.9 Å². The first kappa shape index (κ1) is 15.4. The van der Waals surface area contributed by atoms with Crippen molar-refractivity contribution >= 4 is 18.1 Å². The molecular formula is C11H15N5O4. The summed E-state index contributed by atoms with van der Waals surface area (Å²) in [5, 5.41) is 31.1. The van der Waals surface area contributed by atoms with Gasteiger partial charge in [-0.1, -0.05) is 0 Å². The molecule has 0 aromatic carbocycles. The molecule has 0 aliphatic carbocycles. The molecule has 1 aromatic rings. The van der Waals surface area contributed by atoms with Crippen molar-refractivity contribution in [1.82, 2.24) is 10.4 Å². The molecule has 0 saturated carbocycles. The van der Waals surface area contributed by atoms with Crippen molar-refractivity contribution in [3.05, 3.63) is 23.0 Å². The third-order valence-corrected chi connectivity index (χ3v) is 2.29. The van der Waals surface area contributed by atoms with Crippen LogP contribution in [0.2, 0.25) is 0 Å². The molecular weight excluding hydrogens is 266 g/mol. The smallest absolute Gasteiger partial charge is 0.325 e. The predicted molar refractivity (Wildman–Crippen MR) is 71.4 cm³/mol. The quantitative estimate of drug-likeness (QED) is 0.261. The highest BCUT2D eigenvalue weighted by molar-refractivity contribution is 5.87. The summed E-state index contributed by atoms with van der Waals surface area (Å²) in [7, 11) is 0. The zero-order valence-electron chi connectivity index (χ0n) is 10.7. The summed E-state index contributed by atoms with van der Waals surface area (Å²) in [6.45, 7) is 0.810. The van der Waals surface area contributed by atoms with Crippen molar-refractivity contribution in [2.45, 2.75) is 13.5 Å². The van der Waals surface area contributed by atoms with Crippen LogP contribution in [-0.2, 0) is 11.4 Å². The molecule has 0 radical (unpaired) electrons. The molecule has 108 valence electrons. The zero-order chi connectivity index (χ0) is 15.1. The molecule has 1 heterocycles. The molecule has 0 amide bonds. The number of aliphatic imine (C=N–C) groups is 1. The van der Waals surface area contributed by atoms with E-state index in [1.54, 1.807) is 6.92 Å². The number of hydrogen-bond donors (Lipinski definition) is 5. The Labute approximate surface area is 114 Å². The molecule has 0 spiro atoms. The number of carboxylic acid groups (broad SMARTS) is 1. The number of rotatable bonds is 5. The molecule has 1 aromatic heterocycles. The zero-order valence-corrected chi connectivity index (χ0v) is 10.7. The fraction of sp³-hybridized carbons (Fsp3) is 0.273. The Kier molecular flexibility index (Phi) is 5.42. The van der Waals surface area contributed by atoms with E-state index < -0.39 is 12.5 Å². The average molecular weight is 281 g/mol. The minimum Gasteiger partial charge on any atom is -0.505 e. The monoisotopic (exact) mass is 281 g/mol. The number of aromatic nitrogens is 1. The van der Waals surface area contributed by atoms with Crippen LogP contribution in [0.1, 0.15) is 16.8 Å². The summed E-state index contributed by atoms with van der Waals surface area (Å²) in [6, 6.07) is 0. The molecule has 0 atom stereocenters. The lowest BCUT2D eigenvalue weighted by Gasteiger charge is -2.07. The van der Waals surface area contributed by atoms with Gasteiger partial charge in [0.1, 0.15) is 12.3 Å². The van der Waals surface area contributed by atoms with Gasteiger partial charge in [0.2, 0.25) is 5.96 Å². The molecule has 1 rings (SSSR count). The second kappa shape index (κ2) is 7.04. The van der Waals surface area contributed by atoms with Gasteiger partial charge in [-0.3, -0.25) is 9.78 Å². The van der Waals surface area contributed by atoms with Crippen molar-refractivity contribution in [1.29, 1.82) is 0 Å². The molecule has 9 nitrogen and oxygen atoms in total. The van der Waals surface area contributed by atoms with Crippen LogP contribution in [0.25, 0.3) is 0 Å². The summed E-state index contributed by atoms with van der Waals surface area (Å²) < 4.78 is 0. The largest absolute Gasteiger partial charge is 0.505 e. The summed E-state index contributed by atoms with van der Waals surface area (Å²) in [4.78, 5) is 17.6. The summed E-state index contributed by atoms with van der Waals surface area (Å²) >= 11 is 0. The van der Waals surface area contributed by atoms with Crippen LogP contribution >= 0.6 is 0 Å². The van der Waals surface area contributed by atoms with Crippen molar-refractivity contribution in [2.75, 3.05) is 6.54 Å². The molecule has 0 aliphatic heterocycles. The van der Waals surface area contributed by atoms with Gasteiger partial charge in [-0.05, 0) is 6.92 Å². The van der Waals surface area contributed by atoms with E-state index in [1.165, 1.54) is 12.4 Å². The number of aliphatic hydroxyl groups excluding tert-OH is 1. The lowest BCUT2D eigenvalue weighted by molar-refractivity contribution is -0.135. The van der Waals surface area contributed by atoms with Crippen molar-refractivity contribution in [2.24, 2.45) is 15.8 Å². The number of hydrogen-bond acceptors (Lipinski definition) is 6. The number of nitrogens with zero attached hydrogens (tertiary/aromatic N) is 3. The Bertz CT molecular complexity index is 556. The third kappa shape index (κ3) is 4.21. The lowest BCUT2D eigenvalue weighted by Crippen LogP contribution is -2.28. The van der Waals surface area contributed by atoms with Crippen LogP contribution in [0, 0.1) is 6.92 Å². The first-order valence-electron chi connectivity index (χ1n) is 5.54. The number of guanidine groups is 1. The second-order valence-corrected chi connectivity index (χ2v) is 3.75. The maximum absolute atomic E-state index is 10.3. The van der Waals surface area contributed by atoms with Crippen LogP contribution in [0.15, 0.2) is 16.3 Å². The number of pyridine rings is 1. The highest BCUT2D eigenvalue weighted by Gasteiger charge is 2.09. The van der Waals surface area contributed by atoms with Crippen LogP contribution < -0.4 is 11.2 Å². The number of aryl methyl sites for hydroxylation is 1. The number of carbonyl (C=O) groups is 1. The first-order valence-corrected chi connectivity index (χ1v) is 5.54. The average Bonchev–Trinajstić information content (AvgIpc) is 2.41. The summed E-state index contributed by atoms with van der Waals surface area (Å²) in [5.41, 5.74) is 8.73. The Morgan fingerprint density at radius 3 is 2.90 bits per heavy atom. The molecule has 0 saturated heterocycles. The number of aromatic hydroxyl groups is 1. The van der Waals surface area contributed by atoms with E-state index >= 15 is 0 Å². The second-order valence-electron chi connectivity index (χ2n) is 3.75. The number of nitrogens with two attached hydrogens (primary N) is 1. The molecule has 0 bridgehead atoms. The third-order valence-electron chi connectivity index (χ3n) is 2.29. The number of aliphatic carboxylic acids is 1. The fourth-order valence-corrected chi connectivity index (χ4v) is 1.27. The normalized spacial score (nSPS) is 11.8. The van der Waals surface area contributed by atoms with Gasteiger partial charge in [-0.2, -0.15) is 5.10 Å². The number of aliphatic hydroxyl groups is 1. The van der Waals surface area contributed by atoms with Gasteiger partial charge in [-0.25, -0.2) is 10.4 Å². The lowest BCUT2D eigenvalue weighted by atomic mass is 10.1. The maximum atomic E-state index is 10.3. The van der Waals surface area contributed by atoms with Gasteiger partial charge < -0.3 is 21.1 Å². The van der Waals surface area contributed by atoms with Crippen molar-refractivity contribution in [3.8, 4) is 5.75 Å². The minimum absolute atomic E-state index is 0.108. The van der Waals surface area contributed by atoms with Gasteiger partial charge in [0.25, 0.3) is 0 Å². The maximum Gasteiger partial charge on any atom is 0.325 e. The standard InChI is InChI=1S/C11H15N5O4/c1-6-10(20)8(7(5-17)2-13-6)3-15-16-11(12)14-4-9(18)19/h2-3,17,20H,4-5H2,1H3,(H,18,19)(H3,12,14,16)/b15-3+. The van der Waals surface area contributed by atoms with Crippen LogP contribution in [-0.4, -0.2) is 45.0 Å². The molecule has 20 heavy (non-hydrogen) atoms.